The summed E-state index contributed by atoms with van der Waals surface area (Å²) in [7, 11) is 0. The van der Waals surface area contributed by atoms with Crippen LogP contribution in [-0.2, 0) is 12.0 Å². The number of nitrogens with zero attached hydrogens (tertiary/aromatic N) is 1. The molecule has 2 nitrogen and oxygen atoms in total. The van der Waals surface area contributed by atoms with Gasteiger partial charge in [0.25, 0.3) is 0 Å². The first-order chi connectivity index (χ1) is 9.99. The van der Waals surface area contributed by atoms with Crippen LogP contribution in [0.15, 0.2) is 6.20 Å². The summed E-state index contributed by atoms with van der Waals surface area (Å²) in [6, 6.07) is 0.790. The molecule has 0 radical (unpaired) electrons. The van der Waals surface area contributed by atoms with E-state index in [0.29, 0.717) is 0 Å². The fourth-order valence-corrected chi connectivity index (χ4v) is 6.13. The van der Waals surface area contributed by atoms with Gasteiger partial charge in [0.2, 0.25) is 0 Å². The summed E-state index contributed by atoms with van der Waals surface area (Å²) in [5.74, 6) is 4.08. The van der Waals surface area contributed by atoms with Crippen molar-refractivity contribution in [1.29, 1.82) is 0 Å². The summed E-state index contributed by atoms with van der Waals surface area (Å²) in [6.07, 6.45) is 9.64. The standard InChI is InChI=1S/C18H28N2S/c1-18(2,3)17-20-10-15(21-17)9-19-16-13-5-11-4-12(7-13)8-14(16)6-11/h10-14,16,19H,4-9H2,1-3H3. The molecule has 0 atom stereocenters. The molecule has 0 saturated heterocycles. The maximum absolute atomic E-state index is 4.62. The van der Waals surface area contributed by atoms with Crippen LogP contribution in [0.5, 0.6) is 0 Å². The molecule has 4 saturated carbocycles. The summed E-state index contributed by atoms with van der Waals surface area (Å²) in [5.41, 5.74) is 0.186. The van der Waals surface area contributed by atoms with Crippen LogP contribution in [0.2, 0.25) is 0 Å². The second kappa shape index (κ2) is 5.06. The van der Waals surface area contributed by atoms with Crippen LogP contribution in [0.3, 0.4) is 0 Å². The van der Waals surface area contributed by atoms with Crippen LogP contribution in [0.25, 0.3) is 0 Å². The van der Waals surface area contributed by atoms with Gasteiger partial charge in [-0.05, 0) is 55.8 Å². The van der Waals surface area contributed by atoms with E-state index in [4.69, 9.17) is 0 Å². The minimum Gasteiger partial charge on any atom is -0.308 e. The second-order valence-electron chi connectivity index (χ2n) is 8.72. The van der Waals surface area contributed by atoms with Crippen molar-refractivity contribution in [3.05, 3.63) is 16.1 Å². The van der Waals surface area contributed by atoms with Gasteiger partial charge in [0.1, 0.15) is 0 Å². The first-order valence-electron chi connectivity index (χ1n) is 8.67. The molecule has 4 fully saturated rings. The number of nitrogens with one attached hydrogen (secondary N) is 1. The van der Waals surface area contributed by atoms with Crippen molar-refractivity contribution < 1.29 is 0 Å². The number of rotatable bonds is 3. The third-order valence-corrected chi connectivity index (χ3v) is 7.36. The van der Waals surface area contributed by atoms with Gasteiger partial charge in [-0.1, -0.05) is 20.8 Å². The quantitative estimate of drug-likeness (QED) is 0.897. The molecule has 0 amide bonds. The highest BCUT2D eigenvalue weighted by Crippen LogP contribution is 2.53. The average molecular weight is 305 g/mol. The normalized spacial score (nSPS) is 38.1. The van der Waals surface area contributed by atoms with Crippen LogP contribution in [0.4, 0.5) is 0 Å². The van der Waals surface area contributed by atoms with Crippen molar-refractivity contribution >= 4 is 11.3 Å². The van der Waals surface area contributed by atoms with Crippen molar-refractivity contribution in [3.8, 4) is 0 Å². The maximum Gasteiger partial charge on any atom is 0.0981 e. The summed E-state index contributed by atoms with van der Waals surface area (Å²) in [6.45, 7) is 7.78. The molecule has 1 aromatic heterocycles. The highest BCUT2D eigenvalue weighted by molar-refractivity contribution is 7.11. The minimum absolute atomic E-state index is 0.186. The Kier molecular flexibility index (Phi) is 3.42. The van der Waals surface area contributed by atoms with E-state index >= 15 is 0 Å². The summed E-state index contributed by atoms with van der Waals surface area (Å²) >= 11 is 1.89. The largest absolute Gasteiger partial charge is 0.308 e. The van der Waals surface area contributed by atoms with Crippen LogP contribution in [-0.4, -0.2) is 11.0 Å². The molecule has 1 N–H and O–H groups in total. The van der Waals surface area contributed by atoms with Gasteiger partial charge in [-0.25, -0.2) is 4.98 Å². The van der Waals surface area contributed by atoms with Crippen LogP contribution < -0.4 is 5.32 Å². The molecule has 0 unspecified atom stereocenters. The van der Waals surface area contributed by atoms with Crippen molar-refractivity contribution in [2.45, 2.75) is 70.9 Å². The number of thiazole rings is 1. The summed E-state index contributed by atoms with van der Waals surface area (Å²) in [5, 5.41) is 5.18. The van der Waals surface area contributed by atoms with Crippen molar-refractivity contribution in [2.24, 2.45) is 23.7 Å². The Morgan fingerprint density at radius 3 is 2.24 bits per heavy atom. The van der Waals surface area contributed by atoms with Crippen molar-refractivity contribution in [1.82, 2.24) is 10.3 Å². The highest BCUT2D eigenvalue weighted by Gasteiger charge is 2.47. The predicted molar refractivity (Wildman–Crippen MR) is 88.5 cm³/mol. The molecule has 21 heavy (non-hydrogen) atoms. The van der Waals surface area contributed by atoms with Gasteiger partial charge in [-0.15, -0.1) is 11.3 Å². The van der Waals surface area contributed by atoms with E-state index in [-0.39, 0.29) is 5.41 Å². The van der Waals surface area contributed by atoms with Gasteiger partial charge in [0.05, 0.1) is 5.01 Å². The monoisotopic (exact) mass is 304 g/mol. The smallest absolute Gasteiger partial charge is 0.0981 e. The van der Waals surface area contributed by atoms with Gasteiger partial charge in [-0.2, -0.15) is 0 Å². The van der Waals surface area contributed by atoms with E-state index in [0.717, 1.165) is 36.3 Å². The number of hydrogen-bond donors (Lipinski definition) is 1. The lowest BCUT2D eigenvalue weighted by Gasteiger charge is -2.54. The van der Waals surface area contributed by atoms with Crippen molar-refractivity contribution in [2.75, 3.05) is 0 Å². The zero-order valence-corrected chi connectivity index (χ0v) is 14.4. The van der Waals surface area contributed by atoms with Gasteiger partial charge in [-0.3, -0.25) is 0 Å². The first kappa shape index (κ1) is 14.2. The molecule has 4 aliphatic rings. The fourth-order valence-electron chi connectivity index (χ4n) is 5.21. The highest BCUT2D eigenvalue weighted by atomic mass is 32.1. The lowest BCUT2D eigenvalue weighted by Crippen LogP contribution is -2.54. The Morgan fingerprint density at radius 1 is 1.10 bits per heavy atom. The first-order valence-corrected chi connectivity index (χ1v) is 9.49. The van der Waals surface area contributed by atoms with E-state index in [9.17, 15) is 0 Å². The fraction of sp³-hybridized carbons (Fsp3) is 0.833. The Hall–Kier alpha value is -0.410. The molecule has 116 valence electrons. The number of aromatic nitrogens is 1. The minimum atomic E-state index is 0.186. The molecule has 1 heterocycles. The number of hydrogen-bond acceptors (Lipinski definition) is 3. The SMILES string of the molecule is CC(C)(C)c1ncc(CNC2C3CC4CC(C3)CC2C4)s1. The molecular formula is C18H28N2S. The van der Waals surface area contributed by atoms with Gasteiger partial charge in [0, 0.05) is 29.1 Å². The Morgan fingerprint density at radius 2 is 1.71 bits per heavy atom. The molecule has 4 aliphatic carbocycles. The van der Waals surface area contributed by atoms with E-state index in [1.54, 1.807) is 6.42 Å². The van der Waals surface area contributed by atoms with Gasteiger partial charge < -0.3 is 5.32 Å². The molecule has 5 rings (SSSR count). The van der Waals surface area contributed by atoms with Crippen LogP contribution >= 0.6 is 11.3 Å². The predicted octanol–water partition coefficient (Wildman–Crippen LogP) is 4.35. The molecule has 0 spiro atoms. The molecule has 3 heteroatoms. The van der Waals surface area contributed by atoms with Crippen LogP contribution in [0.1, 0.15) is 62.8 Å². The lowest BCUT2D eigenvalue weighted by molar-refractivity contribution is -0.0141. The lowest BCUT2D eigenvalue weighted by atomic mass is 9.54. The van der Waals surface area contributed by atoms with Gasteiger partial charge >= 0.3 is 0 Å². The Bertz CT molecular complexity index is 486. The second-order valence-corrected chi connectivity index (χ2v) is 9.83. The molecule has 1 aromatic rings. The summed E-state index contributed by atoms with van der Waals surface area (Å²) < 4.78 is 0. The topological polar surface area (TPSA) is 24.9 Å². The van der Waals surface area contributed by atoms with Crippen LogP contribution in [0, 0.1) is 23.7 Å². The Labute approximate surface area is 132 Å². The zero-order valence-electron chi connectivity index (χ0n) is 13.6. The third kappa shape index (κ3) is 2.68. The zero-order chi connectivity index (χ0) is 14.6. The van der Waals surface area contributed by atoms with E-state index < -0.39 is 0 Å². The molecule has 4 bridgehead atoms. The third-order valence-electron chi connectivity index (χ3n) is 5.93. The maximum atomic E-state index is 4.62. The van der Waals surface area contributed by atoms with E-state index in [2.05, 4.69) is 37.3 Å². The van der Waals surface area contributed by atoms with Gasteiger partial charge in [0.15, 0.2) is 0 Å². The van der Waals surface area contributed by atoms with E-state index in [1.807, 2.05) is 11.3 Å². The molecule has 0 aromatic carbocycles. The average Bonchev–Trinajstić information content (AvgIpc) is 2.85. The summed E-state index contributed by atoms with van der Waals surface area (Å²) in [4.78, 5) is 6.03. The molecular weight excluding hydrogens is 276 g/mol. The van der Waals surface area contributed by atoms with Crippen molar-refractivity contribution in [3.63, 3.8) is 0 Å². The molecule has 0 aliphatic heterocycles. The van der Waals surface area contributed by atoms with E-state index in [1.165, 1.54) is 35.6 Å². The Balaban J connectivity index is 1.40.